The predicted octanol–water partition coefficient (Wildman–Crippen LogP) is 2.60. The molecule has 9 heteroatoms. The van der Waals surface area contributed by atoms with Gasteiger partial charge >= 0.3 is 6.03 Å². The molecule has 2 unspecified atom stereocenters. The summed E-state index contributed by atoms with van der Waals surface area (Å²) in [6, 6.07) is 1.25. The van der Waals surface area contributed by atoms with E-state index in [1.165, 1.54) is 16.9 Å². The Morgan fingerprint density at radius 2 is 2.29 bits per heavy atom. The molecule has 2 heterocycles. The van der Waals surface area contributed by atoms with Crippen molar-refractivity contribution in [1.82, 2.24) is 15.5 Å². The molecule has 2 atom stereocenters. The molecule has 0 aromatic carbocycles. The van der Waals surface area contributed by atoms with Gasteiger partial charge in [0.1, 0.15) is 0 Å². The third-order valence-electron chi connectivity index (χ3n) is 3.84. The quantitative estimate of drug-likeness (QED) is 0.805. The Morgan fingerprint density at radius 1 is 1.50 bits per heavy atom. The van der Waals surface area contributed by atoms with Crippen molar-refractivity contribution in [3.8, 4) is 10.8 Å². The Kier molecular flexibility index (Phi) is 4.91. The summed E-state index contributed by atoms with van der Waals surface area (Å²) in [6.45, 7) is 3.90. The lowest BCUT2D eigenvalue weighted by Crippen LogP contribution is -2.39. The maximum absolute atomic E-state index is 11.7. The molecule has 128 valence electrons. The van der Waals surface area contributed by atoms with Gasteiger partial charge in [0.25, 0.3) is 11.1 Å². The molecule has 0 fully saturated rings. The molecular weight excluding hydrogens is 348 g/mol. The number of aromatic nitrogens is 2. The number of carbonyl (C=O) groups is 2. The molecule has 0 saturated heterocycles. The zero-order valence-corrected chi connectivity index (χ0v) is 15.0. The maximum atomic E-state index is 11.7. The average Bonchev–Trinajstić information content (AvgIpc) is 3.12. The number of aryl methyl sites for hydroxylation is 1. The van der Waals surface area contributed by atoms with Crippen LogP contribution in [-0.2, 0) is 17.6 Å². The van der Waals surface area contributed by atoms with Crippen LogP contribution in [0.3, 0.4) is 0 Å². The van der Waals surface area contributed by atoms with Crippen molar-refractivity contribution in [2.75, 3.05) is 0 Å². The lowest BCUT2D eigenvalue weighted by Gasteiger charge is -2.16. The molecule has 1 aliphatic carbocycles. The molecule has 0 spiro atoms. The summed E-state index contributed by atoms with van der Waals surface area (Å²) in [5, 5.41) is 9.80. The van der Waals surface area contributed by atoms with E-state index in [4.69, 9.17) is 10.2 Å². The number of hydrogen-bond acceptors (Lipinski definition) is 7. The number of amides is 3. The monoisotopic (exact) mass is 366 g/mol. The molecule has 7 nitrogen and oxygen atoms in total. The van der Waals surface area contributed by atoms with Crippen molar-refractivity contribution in [3.05, 3.63) is 16.5 Å². The maximum Gasteiger partial charge on any atom is 0.318 e. The van der Waals surface area contributed by atoms with E-state index in [0.717, 1.165) is 29.5 Å². The van der Waals surface area contributed by atoms with E-state index in [1.54, 1.807) is 18.3 Å². The van der Waals surface area contributed by atoms with E-state index in [-0.39, 0.29) is 5.22 Å². The molecule has 0 aliphatic heterocycles. The highest BCUT2D eigenvalue weighted by Gasteiger charge is 2.23. The van der Waals surface area contributed by atoms with E-state index in [2.05, 4.69) is 23.2 Å². The summed E-state index contributed by atoms with van der Waals surface area (Å²) in [4.78, 5) is 24.7. The normalized spacial score (nSPS) is 18.0. The van der Waals surface area contributed by atoms with Crippen molar-refractivity contribution >= 4 is 35.0 Å². The van der Waals surface area contributed by atoms with Crippen LogP contribution in [-0.4, -0.2) is 27.4 Å². The number of thioether (sulfide) groups is 1. The molecule has 3 N–H and O–H groups in total. The largest absolute Gasteiger partial charge is 0.410 e. The van der Waals surface area contributed by atoms with Gasteiger partial charge in [0.05, 0.1) is 10.1 Å². The minimum atomic E-state index is -0.878. The van der Waals surface area contributed by atoms with Gasteiger partial charge in [0, 0.05) is 4.88 Å². The van der Waals surface area contributed by atoms with Crippen molar-refractivity contribution in [3.63, 3.8) is 0 Å². The van der Waals surface area contributed by atoms with Crippen LogP contribution >= 0.6 is 23.1 Å². The van der Waals surface area contributed by atoms with Gasteiger partial charge in [-0.05, 0) is 43.7 Å². The minimum Gasteiger partial charge on any atom is -0.410 e. The number of urea groups is 1. The summed E-state index contributed by atoms with van der Waals surface area (Å²) in [5.74, 6) is 0.679. The predicted molar refractivity (Wildman–Crippen MR) is 91.8 cm³/mol. The van der Waals surface area contributed by atoms with Gasteiger partial charge in [-0.2, -0.15) is 0 Å². The van der Waals surface area contributed by atoms with Gasteiger partial charge in [-0.25, -0.2) is 4.79 Å². The van der Waals surface area contributed by atoms with Crippen LogP contribution in [0.15, 0.2) is 15.7 Å². The molecular formula is C15H18N4O3S2. The topological polar surface area (TPSA) is 111 Å². The molecule has 24 heavy (non-hydrogen) atoms. The third-order valence-corrected chi connectivity index (χ3v) is 6.00. The first-order chi connectivity index (χ1) is 11.4. The average molecular weight is 366 g/mol. The van der Waals surface area contributed by atoms with Crippen LogP contribution in [0.25, 0.3) is 10.8 Å². The molecule has 2 aromatic heterocycles. The molecule has 0 bridgehead atoms. The molecule has 1 aliphatic rings. The Labute approximate surface area is 147 Å². The number of fused-ring (bicyclic) bond motifs is 1. The first-order valence-corrected chi connectivity index (χ1v) is 9.34. The standard InChI is InChI=1S/C15H18N4O3S2/c1-7-3-4-10-9(5-7)6-11(24-10)13-18-19-15(22-13)23-8(2)12(20)17-14(16)21/h6-8H,3-5H2,1-2H3,(H3,16,17,20,21). The van der Waals surface area contributed by atoms with Crippen LogP contribution in [0.1, 0.15) is 30.7 Å². The lowest BCUT2D eigenvalue weighted by molar-refractivity contribution is -0.119. The van der Waals surface area contributed by atoms with Crippen LogP contribution in [0, 0.1) is 5.92 Å². The number of carbonyl (C=O) groups excluding carboxylic acids is 2. The molecule has 0 saturated carbocycles. The summed E-state index contributed by atoms with van der Waals surface area (Å²) in [7, 11) is 0. The van der Waals surface area contributed by atoms with Crippen molar-refractivity contribution in [2.24, 2.45) is 11.7 Å². The SMILES string of the molecule is CC1CCc2sc(-c3nnc(SC(C)C(=O)NC(N)=O)o3)cc2C1. The van der Waals surface area contributed by atoms with Gasteiger partial charge in [-0.3, -0.25) is 10.1 Å². The van der Waals surface area contributed by atoms with Gasteiger partial charge in [0.2, 0.25) is 5.91 Å². The number of imide groups is 1. The summed E-state index contributed by atoms with van der Waals surface area (Å²) >= 11 is 2.78. The van der Waals surface area contributed by atoms with Crippen molar-refractivity contribution in [2.45, 2.75) is 43.6 Å². The third kappa shape index (κ3) is 3.78. The zero-order chi connectivity index (χ0) is 17.3. The van der Waals surface area contributed by atoms with E-state index >= 15 is 0 Å². The van der Waals surface area contributed by atoms with Crippen LogP contribution in [0.5, 0.6) is 0 Å². The van der Waals surface area contributed by atoms with Gasteiger partial charge in [-0.15, -0.1) is 21.5 Å². The number of hydrogen-bond donors (Lipinski definition) is 2. The second-order valence-corrected chi connectivity index (χ2v) is 8.32. The number of nitrogens with one attached hydrogen (secondary N) is 1. The Morgan fingerprint density at radius 3 is 3.04 bits per heavy atom. The van der Waals surface area contributed by atoms with E-state index in [0.29, 0.717) is 11.8 Å². The molecule has 0 radical (unpaired) electrons. The van der Waals surface area contributed by atoms with Crippen LogP contribution in [0.4, 0.5) is 4.79 Å². The van der Waals surface area contributed by atoms with Crippen LogP contribution < -0.4 is 11.1 Å². The fraction of sp³-hybridized carbons (Fsp3) is 0.467. The second-order valence-electron chi connectivity index (χ2n) is 5.89. The number of primary amides is 1. The fourth-order valence-corrected chi connectivity index (χ4v) is 4.41. The summed E-state index contributed by atoms with van der Waals surface area (Å²) in [5.41, 5.74) is 6.30. The highest BCUT2D eigenvalue weighted by atomic mass is 32.2. The van der Waals surface area contributed by atoms with E-state index in [9.17, 15) is 9.59 Å². The van der Waals surface area contributed by atoms with Crippen LogP contribution in [0.2, 0.25) is 0 Å². The molecule has 2 aromatic rings. The van der Waals surface area contributed by atoms with Gasteiger partial charge < -0.3 is 10.2 Å². The van der Waals surface area contributed by atoms with Gasteiger partial charge in [-0.1, -0.05) is 18.7 Å². The van der Waals surface area contributed by atoms with E-state index in [1.807, 2.05) is 5.32 Å². The molecule has 3 rings (SSSR count). The number of rotatable bonds is 4. The smallest absolute Gasteiger partial charge is 0.318 e. The zero-order valence-electron chi connectivity index (χ0n) is 13.4. The van der Waals surface area contributed by atoms with Crippen molar-refractivity contribution in [1.29, 1.82) is 0 Å². The number of nitrogens with zero attached hydrogens (tertiary/aromatic N) is 2. The highest BCUT2D eigenvalue weighted by molar-refractivity contribution is 8.00. The highest BCUT2D eigenvalue weighted by Crippen LogP contribution is 2.37. The van der Waals surface area contributed by atoms with Crippen molar-refractivity contribution < 1.29 is 14.0 Å². The first-order valence-electron chi connectivity index (χ1n) is 7.64. The molecule has 3 amide bonds. The fourth-order valence-electron chi connectivity index (χ4n) is 2.60. The Balaban J connectivity index is 1.70. The first kappa shape index (κ1) is 17.0. The Hall–Kier alpha value is -1.87. The Bertz CT molecular complexity index is 771. The summed E-state index contributed by atoms with van der Waals surface area (Å²) in [6.07, 6.45) is 3.40. The number of nitrogens with two attached hydrogens (primary N) is 1. The van der Waals surface area contributed by atoms with Gasteiger partial charge in [0.15, 0.2) is 0 Å². The lowest BCUT2D eigenvalue weighted by atomic mass is 9.90. The minimum absolute atomic E-state index is 0.289. The van der Waals surface area contributed by atoms with E-state index < -0.39 is 17.2 Å². The number of thiophene rings is 1. The summed E-state index contributed by atoms with van der Waals surface area (Å²) < 4.78 is 5.66. The second kappa shape index (κ2) is 6.94.